The lowest BCUT2D eigenvalue weighted by Crippen LogP contribution is -2.40. The van der Waals surface area contributed by atoms with E-state index < -0.39 is 29.3 Å². The summed E-state index contributed by atoms with van der Waals surface area (Å²) in [5.41, 5.74) is 0.277. The van der Waals surface area contributed by atoms with E-state index in [1.165, 1.54) is 6.07 Å². The standard InChI is InChI=1S/C23H24FN3O4/c1-23(2,3)31-22(30)25-14-11-12-26(13-14)18-10-6-9-17(24)19(18)27-20(28)15-7-4-5-8-16(15)21(27)29/h4-10,14H,11-13H2,1-3H3,(H,25,30). The van der Waals surface area contributed by atoms with Crippen molar-refractivity contribution in [3.05, 3.63) is 59.4 Å². The number of carbonyl (C=O) groups excluding carboxylic acids is 3. The minimum absolute atomic E-state index is 0.0633. The van der Waals surface area contributed by atoms with E-state index >= 15 is 0 Å². The van der Waals surface area contributed by atoms with Gasteiger partial charge in [-0.25, -0.2) is 14.1 Å². The molecule has 2 aliphatic heterocycles. The Morgan fingerprint density at radius 2 is 1.71 bits per heavy atom. The van der Waals surface area contributed by atoms with Crippen LogP contribution in [0.4, 0.5) is 20.6 Å². The molecule has 0 saturated carbocycles. The number of rotatable bonds is 3. The molecule has 1 fully saturated rings. The van der Waals surface area contributed by atoms with Crippen LogP contribution in [0.2, 0.25) is 0 Å². The third-order valence-electron chi connectivity index (χ3n) is 5.23. The van der Waals surface area contributed by atoms with Gasteiger partial charge >= 0.3 is 6.09 Å². The maximum Gasteiger partial charge on any atom is 0.407 e. The normalized spacial score (nSPS) is 18.4. The summed E-state index contributed by atoms with van der Waals surface area (Å²) >= 11 is 0. The van der Waals surface area contributed by atoms with E-state index in [0.29, 0.717) is 25.2 Å². The molecule has 0 aliphatic carbocycles. The minimum Gasteiger partial charge on any atom is -0.444 e. The van der Waals surface area contributed by atoms with Crippen molar-refractivity contribution in [1.29, 1.82) is 0 Å². The first kappa shape index (κ1) is 20.8. The van der Waals surface area contributed by atoms with Crippen LogP contribution in [-0.4, -0.2) is 42.6 Å². The quantitative estimate of drug-likeness (QED) is 0.758. The summed E-state index contributed by atoms with van der Waals surface area (Å²) in [4.78, 5) is 40.7. The second kappa shape index (κ2) is 7.68. The number of benzene rings is 2. The van der Waals surface area contributed by atoms with Gasteiger partial charge in [0.15, 0.2) is 0 Å². The van der Waals surface area contributed by atoms with Crippen molar-refractivity contribution in [3.8, 4) is 0 Å². The Balaban J connectivity index is 1.58. The molecule has 2 aliphatic rings. The minimum atomic E-state index is -0.657. The molecule has 3 amide bonds. The molecular weight excluding hydrogens is 401 g/mol. The van der Waals surface area contributed by atoms with Gasteiger partial charge in [-0.2, -0.15) is 0 Å². The van der Waals surface area contributed by atoms with Crippen LogP contribution in [0.15, 0.2) is 42.5 Å². The summed E-state index contributed by atoms with van der Waals surface area (Å²) in [6, 6.07) is 10.7. The summed E-state index contributed by atoms with van der Waals surface area (Å²) in [5, 5.41) is 2.83. The number of carbonyl (C=O) groups is 3. The predicted octanol–water partition coefficient (Wildman–Crippen LogP) is 3.73. The molecule has 7 nitrogen and oxygen atoms in total. The number of nitrogens with one attached hydrogen (secondary N) is 1. The van der Waals surface area contributed by atoms with Gasteiger partial charge in [0.25, 0.3) is 11.8 Å². The number of fused-ring (bicyclic) bond motifs is 1. The van der Waals surface area contributed by atoms with Gasteiger partial charge in [-0.1, -0.05) is 18.2 Å². The van der Waals surface area contributed by atoms with Crippen LogP contribution in [0.1, 0.15) is 47.9 Å². The molecule has 1 saturated heterocycles. The van der Waals surface area contributed by atoms with Crippen LogP contribution in [-0.2, 0) is 4.74 Å². The van der Waals surface area contributed by atoms with Crippen LogP contribution in [0.5, 0.6) is 0 Å². The fourth-order valence-electron chi connectivity index (χ4n) is 3.94. The number of anilines is 2. The molecule has 8 heteroatoms. The Morgan fingerprint density at radius 3 is 2.32 bits per heavy atom. The van der Waals surface area contributed by atoms with Gasteiger partial charge in [0.1, 0.15) is 17.1 Å². The van der Waals surface area contributed by atoms with Crippen molar-refractivity contribution >= 4 is 29.3 Å². The monoisotopic (exact) mass is 425 g/mol. The Morgan fingerprint density at radius 1 is 1.06 bits per heavy atom. The van der Waals surface area contributed by atoms with E-state index in [-0.39, 0.29) is 22.9 Å². The maximum atomic E-state index is 15.0. The van der Waals surface area contributed by atoms with Gasteiger partial charge in [0, 0.05) is 13.1 Å². The van der Waals surface area contributed by atoms with E-state index in [9.17, 15) is 18.8 Å². The third-order valence-corrected chi connectivity index (χ3v) is 5.23. The summed E-state index contributed by atoms with van der Waals surface area (Å²) in [5.74, 6) is -1.75. The van der Waals surface area contributed by atoms with Gasteiger partial charge in [-0.05, 0) is 51.5 Å². The van der Waals surface area contributed by atoms with Crippen LogP contribution in [0.25, 0.3) is 0 Å². The zero-order valence-corrected chi connectivity index (χ0v) is 17.6. The number of nitrogens with zero attached hydrogens (tertiary/aromatic N) is 2. The van der Waals surface area contributed by atoms with Crippen LogP contribution >= 0.6 is 0 Å². The molecule has 1 atom stereocenters. The molecule has 2 aromatic carbocycles. The molecule has 162 valence electrons. The number of imide groups is 1. The second-order valence-electron chi connectivity index (χ2n) is 8.68. The number of ether oxygens (including phenoxy) is 1. The molecule has 0 spiro atoms. The zero-order chi connectivity index (χ0) is 22.3. The Bertz CT molecular complexity index is 1030. The summed E-state index contributed by atoms with van der Waals surface area (Å²) in [6.45, 7) is 6.29. The topological polar surface area (TPSA) is 79.0 Å². The van der Waals surface area contributed by atoms with Crippen molar-refractivity contribution in [1.82, 2.24) is 5.32 Å². The van der Waals surface area contributed by atoms with Gasteiger partial charge in [-0.15, -0.1) is 0 Å². The molecule has 4 rings (SSSR count). The maximum absolute atomic E-state index is 15.0. The number of hydrogen-bond donors (Lipinski definition) is 1. The van der Waals surface area contributed by atoms with Crippen molar-refractivity contribution in [2.45, 2.75) is 38.8 Å². The first-order chi connectivity index (χ1) is 14.7. The Hall–Kier alpha value is -3.42. The van der Waals surface area contributed by atoms with E-state index in [2.05, 4.69) is 5.32 Å². The highest BCUT2D eigenvalue weighted by Gasteiger charge is 2.40. The lowest BCUT2D eigenvalue weighted by molar-refractivity contribution is 0.0508. The molecule has 0 bridgehead atoms. The highest BCUT2D eigenvalue weighted by molar-refractivity contribution is 6.35. The highest BCUT2D eigenvalue weighted by atomic mass is 19.1. The molecule has 2 aromatic rings. The Labute approximate surface area is 179 Å². The summed E-state index contributed by atoms with van der Waals surface area (Å²) < 4.78 is 20.3. The number of alkyl carbamates (subject to hydrolysis) is 1. The summed E-state index contributed by atoms with van der Waals surface area (Å²) in [7, 11) is 0. The summed E-state index contributed by atoms with van der Waals surface area (Å²) in [6.07, 6.45) is 0.108. The highest BCUT2D eigenvalue weighted by Crippen LogP contribution is 2.38. The predicted molar refractivity (Wildman–Crippen MR) is 114 cm³/mol. The molecule has 0 radical (unpaired) electrons. The van der Waals surface area contributed by atoms with Gasteiger partial charge in [0.2, 0.25) is 0 Å². The lowest BCUT2D eigenvalue weighted by atomic mass is 10.1. The number of halogens is 1. The van der Waals surface area contributed by atoms with Crippen LogP contribution in [0.3, 0.4) is 0 Å². The average molecular weight is 425 g/mol. The van der Waals surface area contributed by atoms with Crippen LogP contribution in [0, 0.1) is 5.82 Å². The van der Waals surface area contributed by atoms with Crippen molar-refractivity contribution in [3.63, 3.8) is 0 Å². The van der Waals surface area contributed by atoms with E-state index in [4.69, 9.17) is 4.74 Å². The van der Waals surface area contributed by atoms with Gasteiger partial charge < -0.3 is 15.0 Å². The van der Waals surface area contributed by atoms with E-state index in [1.54, 1.807) is 57.2 Å². The first-order valence-corrected chi connectivity index (χ1v) is 10.2. The third kappa shape index (κ3) is 3.97. The fraction of sp³-hybridized carbons (Fsp3) is 0.348. The average Bonchev–Trinajstić information content (AvgIpc) is 3.24. The smallest absolute Gasteiger partial charge is 0.407 e. The second-order valence-corrected chi connectivity index (χ2v) is 8.68. The van der Waals surface area contributed by atoms with Crippen molar-refractivity contribution < 1.29 is 23.5 Å². The van der Waals surface area contributed by atoms with Gasteiger partial charge in [-0.3, -0.25) is 9.59 Å². The fourth-order valence-corrected chi connectivity index (χ4v) is 3.94. The van der Waals surface area contributed by atoms with Crippen molar-refractivity contribution in [2.24, 2.45) is 0 Å². The molecule has 2 heterocycles. The number of amides is 3. The van der Waals surface area contributed by atoms with Crippen LogP contribution < -0.4 is 15.1 Å². The van der Waals surface area contributed by atoms with Gasteiger partial charge in [0.05, 0.1) is 22.9 Å². The number of para-hydroxylation sites is 1. The largest absolute Gasteiger partial charge is 0.444 e. The molecule has 1 N–H and O–H groups in total. The molecular formula is C23H24FN3O4. The van der Waals surface area contributed by atoms with E-state index in [1.807, 2.05) is 4.90 Å². The molecule has 0 aromatic heterocycles. The Kier molecular flexibility index (Phi) is 5.16. The first-order valence-electron chi connectivity index (χ1n) is 10.2. The number of hydrogen-bond acceptors (Lipinski definition) is 5. The molecule has 31 heavy (non-hydrogen) atoms. The lowest BCUT2D eigenvalue weighted by Gasteiger charge is -2.26. The zero-order valence-electron chi connectivity index (χ0n) is 17.6. The van der Waals surface area contributed by atoms with Crippen molar-refractivity contribution in [2.75, 3.05) is 22.9 Å². The SMILES string of the molecule is CC(C)(C)OC(=O)NC1CCN(c2cccc(F)c2N2C(=O)c3ccccc3C2=O)C1. The van der Waals surface area contributed by atoms with E-state index in [0.717, 1.165) is 4.90 Å². The molecule has 1 unspecified atom stereocenters.